The normalized spacial score (nSPS) is 30.4. The molecule has 1 aliphatic carbocycles. The fourth-order valence-electron chi connectivity index (χ4n) is 2.03. The van der Waals surface area contributed by atoms with Crippen LogP contribution in [-0.2, 0) is 5.41 Å². The van der Waals surface area contributed by atoms with Crippen molar-refractivity contribution in [1.82, 2.24) is 0 Å². The smallest absolute Gasteiger partial charge is 0.129 e. The fourth-order valence-corrected chi connectivity index (χ4v) is 2.97. The van der Waals surface area contributed by atoms with E-state index in [4.69, 9.17) is 0 Å². The molecule has 0 spiro atoms. The molecule has 3 heteroatoms. The Hall–Kier alpha value is -0.440. The summed E-state index contributed by atoms with van der Waals surface area (Å²) in [6.45, 7) is 1.92. The van der Waals surface area contributed by atoms with E-state index in [1.54, 1.807) is 0 Å². The standard InChI is InChI=1S/C11H11BrF2/c1-11(5-7(11)6-12)10-8(13)3-2-4-9(10)14/h2-4,7H,5-6H2,1H3. The summed E-state index contributed by atoms with van der Waals surface area (Å²) in [5.74, 6) is -0.485. The van der Waals surface area contributed by atoms with E-state index in [1.807, 2.05) is 6.92 Å². The van der Waals surface area contributed by atoms with Crippen LogP contribution < -0.4 is 0 Å². The van der Waals surface area contributed by atoms with Gasteiger partial charge in [-0.25, -0.2) is 8.78 Å². The van der Waals surface area contributed by atoms with Crippen LogP contribution in [0.3, 0.4) is 0 Å². The maximum atomic E-state index is 13.4. The van der Waals surface area contributed by atoms with Crippen molar-refractivity contribution in [2.45, 2.75) is 18.8 Å². The minimum Gasteiger partial charge on any atom is -0.207 e. The predicted molar refractivity (Wildman–Crippen MR) is 55.6 cm³/mol. The highest BCUT2D eigenvalue weighted by Crippen LogP contribution is 2.55. The van der Waals surface area contributed by atoms with Crippen LogP contribution in [0.2, 0.25) is 0 Å². The van der Waals surface area contributed by atoms with E-state index in [2.05, 4.69) is 15.9 Å². The Kier molecular flexibility index (Phi) is 2.38. The Balaban J connectivity index is 2.43. The summed E-state index contributed by atoms with van der Waals surface area (Å²) in [7, 11) is 0. The van der Waals surface area contributed by atoms with Crippen molar-refractivity contribution in [1.29, 1.82) is 0 Å². The highest BCUT2D eigenvalue weighted by Gasteiger charge is 2.52. The van der Waals surface area contributed by atoms with Crippen molar-refractivity contribution in [2.75, 3.05) is 5.33 Å². The van der Waals surface area contributed by atoms with Crippen LogP contribution in [-0.4, -0.2) is 5.33 Å². The monoisotopic (exact) mass is 260 g/mol. The van der Waals surface area contributed by atoms with E-state index in [0.717, 1.165) is 11.8 Å². The molecule has 1 aliphatic rings. The molecular weight excluding hydrogens is 250 g/mol. The number of hydrogen-bond acceptors (Lipinski definition) is 0. The molecule has 1 fully saturated rings. The van der Waals surface area contributed by atoms with E-state index in [0.29, 0.717) is 5.92 Å². The minimum absolute atomic E-state index is 0.254. The lowest BCUT2D eigenvalue weighted by Gasteiger charge is -2.12. The van der Waals surface area contributed by atoms with E-state index < -0.39 is 11.6 Å². The zero-order chi connectivity index (χ0) is 10.3. The number of benzene rings is 1. The van der Waals surface area contributed by atoms with Crippen molar-refractivity contribution in [3.8, 4) is 0 Å². The quantitative estimate of drug-likeness (QED) is 0.713. The summed E-state index contributed by atoms with van der Waals surface area (Å²) in [4.78, 5) is 0. The second kappa shape index (κ2) is 3.30. The lowest BCUT2D eigenvalue weighted by Crippen LogP contribution is -2.10. The highest BCUT2D eigenvalue weighted by molar-refractivity contribution is 9.09. The average Bonchev–Trinajstić information content (AvgIpc) is 2.77. The van der Waals surface area contributed by atoms with E-state index in [-0.39, 0.29) is 11.0 Å². The number of hydrogen-bond donors (Lipinski definition) is 0. The van der Waals surface area contributed by atoms with Crippen LogP contribution in [0.25, 0.3) is 0 Å². The molecule has 0 saturated heterocycles. The molecule has 1 aromatic carbocycles. The van der Waals surface area contributed by atoms with E-state index in [1.165, 1.54) is 18.2 Å². The first-order valence-electron chi connectivity index (χ1n) is 4.60. The molecule has 0 aromatic heterocycles. The third-order valence-electron chi connectivity index (χ3n) is 3.13. The molecular formula is C11H11BrF2. The first-order valence-corrected chi connectivity index (χ1v) is 5.72. The van der Waals surface area contributed by atoms with Crippen molar-refractivity contribution < 1.29 is 8.78 Å². The summed E-state index contributed by atoms with van der Waals surface area (Å²) >= 11 is 3.35. The largest absolute Gasteiger partial charge is 0.207 e. The Labute approximate surface area is 90.4 Å². The number of rotatable bonds is 2. The fraction of sp³-hybridized carbons (Fsp3) is 0.455. The molecule has 76 valence electrons. The molecule has 0 amide bonds. The lowest BCUT2D eigenvalue weighted by molar-refractivity contribution is 0.517. The van der Waals surface area contributed by atoms with Gasteiger partial charge in [0.05, 0.1) is 0 Å². The van der Waals surface area contributed by atoms with Crippen molar-refractivity contribution in [2.24, 2.45) is 5.92 Å². The van der Waals surface area contributed by atoms with Crippen molar-refractivity contribution in [3.63, 3.8) is 0 Å². The summed E-state index contributed by atoms with van der Waals surface area (Å²) in [6, 6.07) is 4.06. The van der Waals surface area contributed by atoms with Crippen LogP contribution in [0.4, 0.5) is 8.78 Å². The Bertz CT molecular complexity index is 344. The van der Waals surface area contributed by atoms with E-state index in [9.17, 15) is 8.78 Å². The maximum absolute atomic E-state index is 13.4. The van der Waals surface area contributed by atoms with Gasteiger partial charge in [-0.2, -0.15) is 0 Å². The molecule has 0 bridgehead atoms. The molecule has 0 heterocycles. The molecule has 0 nitrogen and oxygen atoms in total. The first kappa shape index (κ1) is 10.1. The Morgan fingerprint density at radius 1 is 1.43 bits per heavy atom. The van der Waals surface area contributed by atoms with Gasteiger partial charge in [-0.1, -0.05) is 28.9 Å². The maximum Gasteiger partial charge on any atom is 0.129 e. The molecule has 0 radical (unpaired) electrons. The number of halogens is 3. The van der Waals surface area contributed by atoms with Gasteiger partial charge in [0.1, 0.15) is 11.6 Å². The van der Waals surface area contributed by atoms with Crippen LogP contribution in [0.15, 0.2) is 18.2 Å². The molecule has 1 aromatic rings. The van der Waals surface area contributed by atoms with Gasteiger partial charge in [0.15, 0.2) is 0 Å². The van der Waals surface area contributed by atoms with Gasteiger partial charge in [0, 0.05) is 16.3 Å². The molecule has 14 heavy (non-hydrogen) atoms. The summed E-state index contributed by atoms with van der Waals surface area (Å²) in [5, 5.41) is 0.803. The van der Waals surface area contributed by atoms with Crippen LogP contribution in [0.1, 0.15) is 18.9 Å². The zero-order valence-electron chi connectivity index (χ0n) is 7.86. The molecule has 1 saturated carbocycles. The predicted octanol–water partition coefficient (Wildman–Crippen LogP) is 3.64. The average molecular weight is 261 g/mol. The lowest BCUT2D eigenvalue weighted by atomic mass is 9.95. The second-order valence-corrected chi connectivity index (χ2v) is 4.72. The van der Waals surface area contributed by atoms with Gasteiger partial charge in [-0.15, -0.1) is 0 Å². The summed E-state index contributed by atoms with van der Waals surface area (Å²) in [5.41, 5.74) is -0.0525. The van der Waals surface area contributed by atoms with Gasteiger partial charge < -0.3 is 0 Å². The van der Waals surface area contributed by atoms with Crippen molar-refractivity contribution >= 4 is 15.9 Å². The third-order valence-corrected chi connectivity index (χ3v) is 3.91. The highest BCUT2D eigenvalue weighted by atomic mass is 79.9. The second-order valence-electron chi connectivity index (χ2n) is 4.07. The van der Waals surface area contributed by atoms with Gasteiger partial charge in [0.25, 0.3) is 0 Å². The SMILES string of the molecule is CC1(c2c(F)cccc2F)CC1CBr. The van der Waals surface area contributed by atoms with Crippen LogP contribution >= 0.6 is 15.9 Å². The van der Waals surface area contributed by atoms with Crippen molar-refractivity contribution in [3.05, 3.63) is 35.4 Å². The first-order chi connectivity index (χ1) is 6.59. The molecule has 2 atom stereocenters. The van der Waals surface area contributed by atoms with Gasteiger partial charge >= 0.3 is 0 Å². The van der Waals surface area contributed by atoms with Gasteiger partial charge in [-0.05, 0) is 24.5 Å². The van der Waals surface area contributed by atoms with Crippen LogP contribution in [0.5, 0.6) is 0 Å². The third kappa shape index (κ3) is 1.38. The molecule has 0 aliphatic heterocycles. The van der Waals surface area contributed by atoms with E-state index >= 15 is 0 Å². The van der Waals surface area contributed by atoms with Gasteiger partial charge in [-0.3, -0.25) is 0 Å². The van der Waals surface area contributed by atoms with Gasteiger partial charge in [0.2, 0.25) is 0 Å². The summed E-state index contributed by atoms with van der Waals surface area (Å²) in [6.07, 6.45) is 0.857. The molecule has 0 N–H and O–H groups in total. The topological polar surface area (TPSA) is 0 Å². The zero-order valence-corrected chi connectivity index (χ0v) is 9.44. The molecule has 2 unspecified atom stereocenters. The Morgan fingerprint density at radius 2 is 2.00 bits per heavy atom. The molecule has 2 rings (SSSR count). The number of alkyl halides is 1. The Morgan fingerprint density at radius 3 is 2.43 bits per heavy atom. The summed E-state index contributed by atoms with van der Waals surface area (Å²) < 4.78 is 26.9. The van der Waals surface area contributed by atoms with Crippen LogP contribution in [0, 0.1) is 17.6 Å². The minimum atomic E-state index is -0.420.